The summed E-state index contributed by atoms with van der Waals surface area (Å²) in [5, 5.41) is 0. The minimum absolute atomic E-state index is 0.0973. The molecule has 0 spiro atoms. The van der Waals surface area contributed by atoms with Crippen molar-refractivity contribution in [2.75, 3.05) is 5.73 Å². The predicted molar refractivity (Wildman–Crippen MR) is 121 cm³/mol. The second kappa shape index (κ2) is 8.86. The van der Waals surface area contributed by atoms with Crippen molar-refractivity contribution >= 4 is 50.2 Å². The average molecular weight is 458 g/mol. The number of nitrogens with two attached hydrogens (primary N) is 1. The topological polar surface area (TPSA) is 135 Å². The third-order valence-corrected chi connectivity index (χ3v) is 6.37. The standard InChI is InChI=1S/C22H19NO6S2/c23-20-15-18(13-11-16-7-3-1-4-8-16)21(30(24,25)26)22(31(27,28)29)19(20)14-12-17-9-5-2-6-10-17/h1-15H,23H2,(H,24,25,26)(H,27,28,29). The molecule has 0 radical (unpaired) electrons. The van der Waals surface area contributed by atoms with Gasteiger partial charge in [0.2, 0.25) is 0 Å². The highest BCUT2D eigenvalue weighted by Gasteiger charge is 2.30. The maximum Gasteiger partial charge on any atom is 0.296 e. The van der Waals surface area contributed by atoms with E-state index in [0.717, 1.165) is 0 Å². The van der Waals surface area contributed by atoms with Crippen LogP contribution in [0, 0.1) is 0 Å². The largest absolute Gasteiger partial charge is 0.398 e. The van der Waals surface area contributed by atoms with Crippen LogP contribution in [0.15, 0.2) is 76.5 Å². The van der Waals surface area contributed by atoms with Gasteiger partial charge in [-0.1, -0.05) is 85.0 Å². The highest BCUT2D eigenvalue weighted by atomic mass is 32.2. The molecular formula is C22H19NO6S2. The summed E-state index contributed by atoms with van der Waals surface area (Å²) in [6.07, 6.45) is 5.60. The van der Waals surface area contributed by atoms with E-state index in [1.165, 1.54) is 30.4 Å². The number of nitrogen functional groups attached to an aromatic ring is 1. The quantitative estimate of drug-likeness (QED) is 0.288. The molecule has 4 N–H and O–H groups in total. The van der Waals surface area contributed by atoms with Gasteiger partial charge in [-0.25, -0.2) is 0 Å². The van der Waals surface area contributed by atoms with Crippen molar-refractivity contribution in [2.24, 2.45) is 0 Å². The lowest BCUT2D eigenvalue weighted by atomic mass is 10.1. The summed E-state index contributed by atoms with van der Waals surface area (Å²) in [5.41, 5.74) is 6.87. The van der Waals surface area contributed by atoms with E-state index in [9.17, 15) is 25.9 Å². The molecule has 0 aliphatic heterocycles. The Kier molecular flexibility index (Phi) is 6.42. The number of rotatable bonds is 6. The second-order valence-corrected chi connectivity index (χ2v) is 9.28. The molecule has 0 heterocycles. The smallest absolute Gasteiger partial charge is 0.296 e. The van der Waals surface area contributed by atoms with Gasteiger partial charge >= 0.3 is 0 Å². The van der Waals surface area contributed by atoms with Crippen LogP contribution in [0.3, 0.4) is 0 Å². The van der Waals surface area contributed by atoms with Gasteiger partial charge in [-0.2, -0.15) is 16.8 Å². The van der Waals surface area contributed by atoms with Gasteiger partial charge in [0.25, 0.3) is 20.2 Å². The zero-order valence-corrected chi connectivity index (χ0v) is 17.7. The van der Waals surface area contributed by atoms with E-state index in [0.29, 0.717) is 11.1 Å². The van der Waals surface area contributed by atoms with Gasteiger partial charge in [0.15, 0.2) is 0 Å². The Balaban J connectivity index is 2.29. The predicted octanol–water partition coefficient (Wildman–Crippen LogP) is 4.10. The van der Waals surface area contributed by atoms with Gasteiger partial charge < -0.3 is 5.73 Å². The van der Waals surface area contributed by atoms with Gasteiger partial charge in [-0.05, 0) is 22.8 Å². The van der Waals surface area contributed by atoms with E-state index >= 15 is 0 Å². The van der Waals surface area contributed by atoms with Crippen LogP contribution >= 0.6 is 0 Å². The van der Waals surface area contributed by atoms with Gasteiger partial charge in [-0.15, -0.1) is 0 Å². The van der Waals surface area contributed by atoms with Gasteiger partial charge in [-0.3, -0.25) is 9.11 Å². The van der Waals surface area contributed by atoms with E-state index in [1.54, 1.807) is 60.7 Å². The normalized spacial score (nSPS) is 12.6. The van der Waals surface area contributed by atoms with Crippen LogP contribution in [-0.2, 0) is 20.2 Å². The molecule has 160 valence electrons. The van der Waals surface area contributed by atoms with Crippen molar-refractivity contribution in [3.63, 3.8) is 0 Å². The van der Waals surface area contributed by atoms with Crippen LogP contribution in [-0.4, -0.2) is 25.9 Å². The summed E-state index contributed by atoms with van der Waals surface area (Å²) in [7, 11) is -10.1. The molecule has 0 amide bonds. The molecule has 0 fully saturated rings. The van der Waals surface area contributed by atoms with Crippen LogP contribution in [0.1, 0.15) is 22.3 Å². The van der Waals surface area contributed by atoms with E-state index in [-0.39, 0.29) is 16.8 Å². The Morgan fingerprint density at radius 3 is 1.55 bits per heavy atom. The second-order valence-electron chi connectivity index (χ2n) is 6.57. The first kappa shape index (κ1) is 22.4. The summed E-state index contributed by atoms with van der Waals surface area (Å²) >= 11 is 0. The molecule has 0 bridgehead atoms. The van der Waals surface area contributed by atoms with Crippen molar-refractivity contribution in [1.82, 2.24) is 0 Å². The Morgan fingerprint density at radius 2 is 1.10 bits per heavy atom. The van der Waals surface area contributed by atoms with Gasteiger partial charge in [0.1, 0.15) is 9.79 Å². The zero-order chi connectivity index (χ0) is 22.6. The highest BCUT2D eigenvalue weighted by Crippen LogP contribution is 2.35. The molecule has 31 heavy (non-hydrogen) atoms. The summed E-state index contributed by atoms with van der Waals surface area (Å²) in [4.78, 5) is -1.95. The van der Waals surface area contributed by atoms with Crippen LogP contribution in [0.25, 0.3) is 24.3 Å². The van der Waals surface area contributed by atoms with E-state index < -0.39 is 30.0 Å². The molecule has 0 unspecified atom stereocenters. The zero-order valence-electron chi connectivity index (χ0n) is 16.1. The summed E-state index contributed by atoms with van der Waals surface area (Å²) in [6.45, 7) is 0. The Hall–Kier alpha value is -3.24. The van der Waals surface area contributed by atoms with Crippen LogP contribution in [0.4, 0.5) is 5.69 Å². The Morgan fingerprint density at radius 1 is 0.645 bits per heavy atom. The van der Waals surface area contributed by atoms with Crippen molar-refractivity contribution in [2.45, 2.75) is 9.79 Å². The van der Waals surface area contributed by atoms with E-state index in [4.69, 9.17) is 5.73 Å². The molecule has 3 rings (SSSR count). The fourth-order valence-electron chi connectivity index (χ4n) is 3.01. The lowest BCUT2D eigenvalue weighted by Crippen LogP contribution is -2.14. The minimum atomic E-state index is -5.08. The molecule has 7 nitrogen and oxygen atoms in total. The van der Waals surface area contributed by atoms with Crippen molar-refractivity contribution in [3.8, 4) is 0 Å². The van der Waals surface area contributed by atoms with Crippen LogP contribution < -0.4 is 5.73 Å². The molecule has 0 aromatic heterocycles. The van der Waals surface area contributed by atoms with Crippen molar-refractivity contribution < 1.29 is 25.9 Å². The molecule has 0 saturated heterocycles. The van der Waals surface area contributed by atoms with Gasteiger partial charge in [0, 0.05) is 11.3 Å². The molecular weight excluding hydrogens is 438 g/mol. The van der Waals surface area contributed by atoms with E-state index in [2.05, 4.69) is 0 Å². The third kappa shape index (κ3) is 5.47. The summed E-state index contributed by atoms with van der Waals surface area (Å²) < 4.78 is 68.3. The number of hydrogen-bond acceptors (Lipinski definition) is 5. The monoisotopic (exact) mass is 457 g/mol. The Labute approximate surface area is 180 Å². The maximum absolute atomic E-state index is 12.2. The SMILES string of the molecule is Nc1cc(C=Cc2ccccc2)c(S(=O)(=O)O)c(S(=O)(=O)O)c1C=Cc1ccccc1. The highest BCUT2D eigenvalue weighted by molar-refractivity contribution is 7.89. The maximum atomic E-state index is 12.2. The number of hydrogen-bond donors (Lipinski definition) is 3. The van der Waals surface area contributed by atoms with Crippen molar-refractivity contribution in [3.05, 3.63) is 89.0 Å². The van der Waals surface area contributed by atoms with Gasteiger partial charge in [0.05, 0.1) is 0 Å². The van der Waals surface area contributed by atoms with Crippen molar-refractivity contribution in [1.29, 1.82) is 0 Å². The molecule has 0 saturated carbocycles. The molecule has 0 atom stereocenters. The first-order chi connectivity index (χ1) is 14.6. The fraction of sp³-hybridized carbons (Fsp3) is 0. The Bertz CT molecular complexity index is 1360. The summed E-state index contributed by atoms with van der Waals surface area (Å²) in [6, 6.07) is 18.8. The lowest BCUT2D eigenvalue weighted by Gasteiger charge is -2.14. The molecule has 0 aliphatic rings. The number of benzene rings is 3. The van der Waals surface area contributed by atoms with Crippen LogP contribution in [0.2, 0.25) is 0 Å². The molecule has 0 aliphatic carbocycles. The fourth-order valence-corrected chi connectivity index (χ4v) is 5.22. The first-order valence-corrected chi connectivity index (χ1v) is 11.8. The third-order valence-electron chi connectivity index (χ3n) is 4.35. The summed E-state index contributed by atoms with van der Waals surface area (Å²) in [5.74, 6) is 0. The molecule has 9 heteroatoms. The average Bonchev–Trinajstić information content (AvgIpc) is 2.71. The molecule has 3 aromatic rings. The van der Waals surface area contributed by atoms with Crippen LogP contribution in [0.5, 0.6) is 0 Å². The van der Waals surface area contributed by atoms with E-state index in [1.807, 2.05) is 0 Å². The lowest BCUT2D eigenvalue weighted by molar-refractivity contribution is 0.466. The minimum Gasteiger partial charge on any atom is -0.398 e. The first-order valence-electron chi connectivity index (χ1n) is 8.95. The number of anilines is 1. The molecule has 3 aromatic carbocycles.